The Morgan fingerprint density at radius 3 is 2.42 bits per heavy atom. The molecule has 2 aromatic rings. The zero-order valence-corrected chi connectivity index (χ0v) is 11.2. The first-order valence-corrected chi connectivity index (χ1v) is 6.59. The van der Waals surface area contributed by atoms with Gasteiger partial charge in [-0.25, -0.2) is 4.39 Å². The third-order valence-electron chi connectivity index (χ3n) is 3.97. The van der Waals surface area contributed by atoms with Crippen LogP contribution in [0.25, 0.3) is 0 Å². The van der Waals surface area contributed by atoms with Crippen molar-refractivity contribution in [2.45, 2.75) is 32.3 Å². The molecule has 3 rings (SSSR count). The molecule has 1 N–H and O–H groups in total. The minimum Gasteiger partial charge on any atom is -0.380 e. The number of benzene rings is 2. The summed E-state index contributed by atoms with van der Waals surface area (Å²) in [5, 5.41) is 11.0. The van der Waals surface area contributed by atoms with E-state index in [2.05, 4.69) is 6.07 Å². The average molecular weight is 256 g/mol. The van der Waals surface area contributed by atoms with Gasteiger partial charge in [-0.05, 0) is 55.5 Å². The normalized spacial score (nSPS) is 21.5. The van der Waals surface area contributed by atoms with Crippen LogP contribution in [-0.2, 0) is 12.0 Å². The van der Waals surface area contributed by atoms with Gasteiger partial charge in [0, 0.05) is 0 Å². The van der Waals surface area contributed by atoms with Crippen LogP contribution >= 0.6 is 0 Å². The summed E-state index contributed by atoms with van der Waals surface area (Å²) in [6.45, 7) is 4.06. The molecule has 0 aliphatic heterocycles. The molecule has 2 heteroatoms. The Bertz CT molecular complexity index is 627. The maximum Gasteiger partial charge on any atom is 0.123 e. The first-order chi connectivity index (χ1) is 8.99. The van der Waals surface area contributed by atoms with Gasteiger partial charge in [-0.3, -0.25) is 0 Å². The first-order valence-electron chi connectivity index (χ1n) is 6.59. The zero-order chi connectivity index (χ0) is 13.6. The molecule has 0 saturated heterocycles. The Kier molecular flexibility index (Phi) is 2.72. The largest absolute Gasteiger partial charge is 0.380 e. The summed E-state index contributed by atoms with van der Waals surface area (Å²) in [5.74, 6) is -0.233. The minimum atomic E-state index is -0.972. The van der Waals surface area contributed by atoms with Gasteiger partial charge in [0.1, 0.15) is 11.4 Å². The maximum atomic E-state index is 13.3. The van der Waals surface area contributed by atoms with Gasteiger partial charge in [0.05, 0.1) is 0 Å². The lowest BCUT2D eigenvalue weighted by molar-refractivity contribution is 0.0828. The van der Waals surface area contributed by atoms with Crippen LogP contribution in [0.15, 0.2) is 36.4 Å². The molecule has 0 spiro atoms. The standard InChI is InChI=1S/C17H17FO/c1-11-7-12(2)9-14(8-11)17(19)6-5-13-10-15(18)3-4-16(13)17/h3-4,7-10,19H,5-6H2,1-2H3. The highest BCUT2D eigenvalue weighted by Crippen LogP contribution is 2.42. The lowest BCUT2D eigenvalue weighted by Gasteiger charge is -2.25. The molecule has 2 aromatic carbocycles. The van der Waals surface area contributed by atoms with E-state index < -0.39 is 5.60 Å². The van der Waals surface area contributed by atoms with Gasteiger partial charge in [0.25, 0.3) is 0 Å². The van der Waals surface area contributed by atoms with Gasteiger partial charge >= 0.3 is 0 Å². The third-order valence-corrected chi connectivity index (χ3v) is 3.97. The molecule has 1 aliphatic rings. The maximum absolute atomic E-state index is 13.3. The number of rotatable bonds is 1. The molecule has 0 heterocycles. The number of hydrogen-bond donors (Lipinski definition) is 1. The van der Waals surface area contributed by atoms with Crippen LogP contribution in [0, 0.1) is 19.7 Å². The molecule has 1 aliphatic carbocycles. The molecule has 19 heavy (non-hydrogen) atoms. The number of fused-ring (bicyclic) bond motifs is 1. The van der Waals surface area contributed by atoms with E-state index in [1.165, 1.54) is 12.1 Å². The van der Waals surface area contributed by atoms with Crippen molar-refractivity contribution in [3.63, 3.8) is 0 Å². The molecular weight excluding hydrogens is 239 g/mol. The fraction of sp³-hybridized carbons (Fsp3) is 0.294. The molecule has 0 amide bonds. The van der Waals surface area contributed by atoms with Gasteiger partial charge in [-0.1, -0.05) is 35.4 Å². The van der Waals surface area contributed by atoms with Crippen LogP contribution in [0.3, 0.4) is 0 Å². The molecule has 0 bridgehead atoms. The Morgan fingerprint density at radius 1 is 1.05 bits per heavy atom. The predicted molar refractivity (Wildman–Crippen MR) is 73.6 cm³/mol. The third kappa shape index (κ3) is 1.96. The summed E-state index contributed by atoms with van der Waals surface area (Å²) < 4.78 is 13.3. The van der Waals surface area contributed by atoms with Crippen LogP contribution < -0.4 is 0 Å². The molecule has 1 atom stereocenters. The van der Waals surface area contributed by atoms with Gasteiger partial charge in [-0.2, -0.15) is 0 Å². The van der Waals surface area contributed by atoms with Crippen LogP contribution in [0.1, 0.15) is 34.2 Å². The monoisotopic (exact) mass is 256 g/mol. The van der Waals surface area contributed by atoms with E-state index in [-0.39, 0.29) is 5.82 Å². The molecule has 0 saturated carbocycles. The van der Waals surface area contributed by atoms with Crippen molar-refractivity contribution < 1.29 is 9.50 Å². The van der Waals surface area contributed by atoms with Crippen molar-refractivity contribution in [1.82, 2.24) is 0 Å². The first kappa shape index (κ1) is 12.4. The van der Waals surface area contributed by atoms with Gasteiger partial charge in [-0.15, -0.1) is 0 Å². The van der Waals surface area contributed by atoms with E-state index >= 15 is 0 Å². The average Bonchev–Trinajstić information content (AvgIpc) is 2.66. The van der Waals surface area contributed by atoms with Crippen LogP contribution in [0.4, 0.5) is 4.39 Å². The Balaban J connectivity index is 2.16. The number of hydrogen-bond acceptors (Lipinski definition) is 1. The minimum absolute atomic E-state index is 0.233. The Hall–Kier alpha value is -1.67. The summed E-state index contributed by atoms with van der Waals surface area (Å²) in [7, 11) is 0. The highest BCUT2D eigenvalue weighted by molar-refractivity contribution is 5.47. The van der Waals surface area contributed by atoms with E-state index in [4.69, 9.17) is 0 Å². The Morgan fingerprint density at radius 2 is 1.74 bits per heavy atom. The van der Waals surface area contributed by atoms with Crippen molar-refractivity contribution in [1.29, 1.82) is 0 Å². The lowest BCUT2D eigenvalue weighted by atomic mass is 9.86. The molecule has 0 aromatic heterocycles. The quantitative estimate of drug-likeness (QED) is 0.826. The second-order valence-corrected chi connectivity index (χ2v) is 5.54. The SMILES string of the molecule is Cc1cc(C)cc(C2(O)CCc3cc(F)ccc32)c1. The summed E-state index contributed by atoms with van der Waals surface area (Å²) in [5.41, 5.74) is 3.98. The smallest absolute Gasteiger partial charge is 0.123 e. The zero-order valence-electron chi connectivity index (χ0n) is 11.2. The number of halogens is 1. The second-order valence-electron chi connectivity index (χ2n) is 5.54. The van der Waals surface area contributed by atoms with Crippen molar-refractivity contribution in [3.05, 3.63) is 70.0 Å². The molecule has 98 valence electrons. The number of aliphatic hydroxyl groups is 1. The number of aryl methyl sites for hydroxylation is 3. The van der Waals surface area contributed by atoms with Crippen LogP contribution in [0.5, 0.6) is 0 Å². The second kappa shape index (κ2) is 4.17. The van der Waals surface area contributed by atoms with Gasteiger partial charge < -0.3 is 5.11 Å². The molecular formula is C17H17FO. The summed E-state index contributed by atoms with van der Waals surface area (Å²) in [6, 6.07) is 10.8. The molecule has 1 nitrogen and oxygen atoms in total. The molecule has 0 radical (unpaired) electrons. The summed E-state index contributed by atoms with van der Waals surface area (Å²) in [6.07, 6.45) is 1.34. The van der Waals surface area contributed by atoms with E-state index in [1.54, 1.807) is 6.07 Å². The van der Waals surface area contributed by atoms with E-state index in [0.717, 1.165) is 34.2 Å². The Labute approximate surface area is 112 Å². The molecule has 1 unspecified atom stereocenters. The van der Waals surface area contributed by atoms with E-state index in [9.17, 15) is 9.50 Å². The van der Waals surface area contributed by atoms with Crippen molar-refractivity contribution in [2.75, 3.05) is 0 Å². The summed E-state index contributed by atoms with van der Waals surface area (Å²) in [4.78, 5) is 0. The van der Waals surface area contributed by atoms with E-state index in [0.29, 0.717) is 6.42 Å². The predicted octanol–water partition coefficient (Wildman–Crippen LogP) is 3.62. The fourth-order valence-electron chi connectivity index (χ4n) is 3.14. The fourth-order valence-corrected chi connectivity index (χ4v) is 3.14. The highest BCUT2D eigenvalue weighted by atomic mass is 19.1. The van der Waals surface area contributed by atoms with Crippen molar-refractivity contribution in [3.8, 4) is 0 Å². The lowest BCUT2D eigenvalue weighted by Crippen LogP contribution is -2.24. The van der Waals surface area contributed by atoms with Crippen LogP contribution in [-0.4, -0.2) is 5.11 Å². The highest BCUT2D eigenvalue weighted by Gasteiger charge is 2.38. The summed E-state index contributed by atoms with van der Waals surface area (Å²) >= 11 is 0. The van der Waals surface area contributed by atoms with Crippen molar-refractivity contribution >= 4 is 0 Å². The van der Waals surface area contributed by atoms with Crippen LogP contribution in [0.2, 0.25) is 0 Å². The van der Waals surface area contributed by atoms with Gasteiger partial charge in [0.2, 0.25) is 0 Å². The van der Waals surface area contributed by atoms with Crippen molar-refractivity contribution in [2.24, 2.45) is 0 Å². The molecule has 0 fully saturated rings. The van der Waals surface area contributed by atoms with Gasteiger partial charge in [0.15, 0.2) is 0 Å². The topological polar surface area (TPSA) is 20.2 Å². The van der Waals surface area contributed by atoms with E-state index in [1.807, 2.05) is 26.0 Å².